The van der Waals surface area contributed by atoms with Crippen molar-refractivity contribution in [1.82, 2.24) is 9.78 Å². The maximum Gasteiger partial charge on any atom is 0.310 e. The van der Waals surface area contributed by atoms with E-state index in [1.165, 1.54) is 42.6 Å². The molecule has 0 unspecified atom stereocenters. The van der Waals surface area contributed by atoms with Crippen LogP contribution in [0.25, 0.3) is 0 Å². The number of nitro benzene ring substituents is 1. The number of halogens is 4. The number of ether oxygens (including phenoxy) is 1. The van der Waals surface area contributed by atoms with Crippen LogP contribution in [0.2, 0.25) is 0 Å². The standard InChI is InChI=1S/C22H14F4N4O5/c23-14-9-15(24)21(26)13(20(14)25)10-29-8-7-19(28-29)27-22(31)18-6-5-12(35-18)11-34-17-4-2-1-3-16(17)30(32)33/h1-9H,10-11H2,(H,27,28,31). The number of furan rings is 1. The SMILES string of the molecule is O=C(Nc1ccn(Cc2c(F)c(F)cc(F)c2F)n1)c1ccc(COc2ccccc2[N+](=O)[O-])o1. The minimum atomic E-state index is -1.55. The quantitative estimate of drug-likeness (QED) is 0.164. The van der Waals surface area contributed by atoms with Gasteiger partial charge in [0.1, 0.15) is 12.4 Å². The number of carbonyl (C=O) groups excluding carboxylic acids is 1. The summed E-state index contributed by atoms with van der Waals surface area (Å²) in [4.78, 5) is 22.9. The molecule has 4 rings (SSSR count). The molecule has 0 saturated heterocycles. The number of carbonyl (C=O) groups is 1. The molecule has 2 aromatic heterocycles. The number of para-hydroxylation sites is 2. The monoisotopic (exact) mass is 490 g/mol. The second-order valence-electron chi connectivity index (χ2n) is 7.08. The number of nitro groups is 1. The highest BCUT2D eigenvalue weighted by Crippen LogP contribution is 2.27. The molecule has 180 valence electrons. The van der Waals surface area contributed by atoms with Gasteiger partial charge in [0.25, 0.3) is 5.91 Å². The van der Waals surface area contributed by atoms with Crippen LogP contribution in [0.15, 0.2) is 59.1 Å². The third kappa shape index (κ3) is 5.13. The molecule has 9 nitrogen and oxygen atoms in total. The van der Waals surface area contributed by atoms with Crippen molar-refractivity contribution in [1.29, 1.82) is 0 Å². The second kappa shape index (κ2) is 9.67. The molecule has 1 N–H and O–H groups in total. The molecule has 0 bridgehead atoms. The lowest BCUT2D eigenvalue weighted by molar-refractivity contribution is -0.386. The van der Waals surface area contributed by atoms with E-state index in [0.717, 1.165) is 4.68 Å². The maximum atomic E-state index is 13.9. The fourth-order valence-electron chi connectivity index (χ4n) is 3.07. The van der Waals surface area contributed by atoms with Crippen LogP contribution >= 0.6 is 0 Å². The Balaban J connectivity index is 1.39. The predicted octanol–water partition coefficient (Wildman–Crippen LogP) is 4.82. The van der Waals surface area contributed by atoms with Crippen molar-refractivity contribution in [3.05, 3.63) is 105 Å². The lowest BCUT2D eigenvalue weighted by Gasteiger charge is -2.07. The Kier molecular flexibility index (Phi) is 6.48. The molecule has 0 atom stereocenters. The number of amides is 1. The summed E-state index contributed by atoms with van der Waals surface area (Å²) in [5, 5.41) is 17.3. The van der Waals surface area contributed by atoms with Gasteiger partial charge in [-0.1, -0.05) is 12.1 Å². The van der Waals surface area contributed by atoms with Crippen molar-refractivity contribution >= 4 is 17.4 Å². The van der Waals surface area contributed by atoms with E-state index >= 15 is 0 Å². The molecule has 13 heteroatoms. The second-order valence-corrected chi connectivity index (χ2v) is 7.08. The Morgan fingerprint density at radius 2 is 1.80 bits per heavy atom. The number of aromatic nitrogens is 2. The van der Waals surface area contributed by atoms with Crippen molar-refractivity contribution in [2.75, 3.05) is 5.32 Å². The number of anilines is 1. The van der Waals surface area contributed by atoms with Crippen LogP contribution in [0.5, 0.6) is 5.75 Å². The Morgan fingerprint density at radius 1 is 1.09 bits per heavy atom. The van der Waals surface area contributed by atoms with E-state index in [1.807, 2.05) is 0 Å². The van der Waals surface area contributed by atoms with Gasteiger partial charge >= 0.3 is 5.69 Å². The largest absolute Gasteiger partial charge is 0.479 e. The maximum absolute atomic E-state index is 13.9. The summed E-state index contributed by atoms with van der Waals surface area (Å²) in [7, 11) is 0. The van der Waals surface area contributed by atoms with E-state index in [4.69, 9.17) is 9.15 Å². The lowest BCUT2D eigenvalue weighted by atomic mass is 10.2. The summed E-state index contributed by atoms with van der Waals surface area (Å²) in [6.07, 6.45) is 1.24. The van der Waals surface area contributed by atoms with Crippen LogP contribution in [0.4, 0.5) is 29.1 Å². The summed E-state index contributed by atoms with van der Waals surface area (Å²) in [5.74, 6) is -6.83. The number of nitrogens with zero attached hydrogens (tertiary/aromatic N) is 3. The fourth-order valence-corrected chi connectivity index (χ4v) is 3.07. The number of nitrogens with one attached hydrogen (secondary N) is 1. The topological polar surface area (TPSA) is 112 Å². The number of benzene rings is 2. The van der Waals surface area contributed by atoms with Crippen molar-refractivity contribution in [3.8, 4) is 5.75 Å². The third-order valence-electron chi connectivity index (χ3n) is 4.72. The molecular formula is C22H14F4N4O5. The van der Waals surface area contributed by atoms with E-state index in [-0.39, 0.29) is 41.4 Å². The Labute approximate surface area is 193 Å². The molecule has 0 spiro atoms. The van der Waals surface area contributed by atoms with E-state index < -0.39 is 46.2 Å². The molecular weight excluding hydrogens is 476 g/mol. The van der Waals surface area contributed by atoms with Crippen LogP contribution in [0.3, 0.4) is 0 Å². The van der Waals surface area contributed by atoms with Crippen LogP contribution in [-0.2, 0) is 13.2 Å². The first-order valence-corrected chi connectivity index (χ1v) is 9.84. The zero-order chi connectivity index (χ0) is 25.1. The fraction of sp³-hybridized carbons (Fsp3) is 0.0909. The van der Waals surface area contributed by atoms with Gasteiger partial charge in [0.2, 0.25) is 0 Å². The molecule has 0 aliphatic heterocycles. The molecule has 4 aromatic rings. The Morgan fingerprint density at radius 3 is 2.51 bits per heavy atom. The van der Waals surface area contributed by atoms with E-state index in [2.05, 4.69) is 10.4 Å². The first-order chi connectivity index (χ1) is 16.7. The van der Waals surface area contributed by atoms with Crippen LogP contribution in [0.1, 0.15) is 21.9 Å². The van der Waals surface area contributed by atoms with Gasteiger partial charge in [0.05, 0.1) is 17.0 Å². The van der Waals surface area contributed by atoms with E-state index in [9.17, 15) is 32.5 Å². The minimum absolute atomic E-state index is 0.0245. The molecule has 0 saturated carbocycles. The molecule has 35 heavy (non-hydrogen) atoms. The van der Waals surface area contributed by atoms with E-state index in [0.29, 0.717) is 0 Å². The van der Waals surface area contributed by atoms with Gasteiger partial charge in [0.15, 0.2) is 40.6 Å². The summed E-state index contributed by atoms with van der Waals surface area (Å²) in [5.41, 5.74) is -1.09. The van der Waals surface area contributed by atoms with Gasteiger partial charge in [0, 0.05) is 24.4 Å². The zero-order valence-electron chi connectivity index (χ0n) is 17.5. The Bertz CT molecular complexity index is 1390. The van der Waals surface area contributed by atoms with Gasteiger partial charge in [-0.3, -0.25) is 19.6 Å². The first kappa shape index (κ1) is 23.5. The summed E-state index contributed by atoms with van der Waals surface area (Å²) in [6, 6.07) is 9.93. The smallest absolute Gasteiger partial charge is 0.310 e. The lowest BCUT2D eigenvalue weighted by Crippen LogP contribution is -2.13. The Hall–Kier alpha value is -4.68. The summed E-state index contributed by atoms with van der Waals surface area (Å²) < 4.78 is 66.2. The van der Waals surface area contributed by atoms with Crippen LogP contribution < -0.4 is 10.1 Å². The van der Waals surface area contributed by atoms with E-state index in [1.54, 1.807) is 6.07 Å². The highest BCUT2D eigenvalue weighted by atomic mass is 19.2. The molecule has 2 heterocycles. The third-order valence-corrected chi connectivity index (χ3v) is 4.72. The van der Waals surface area contributed by atoms with Gasteiger partial charge < -0.3 is 14.5 Å². The van der Waals surface area contributed by atoms with Crippen molar-refractivity contribution in [2.24, 2.45) is 0 Å². The number of hydrogen-bond acceptors (Lipinski definition) is 6. The predicted molar refractivity (Wildman–Crippen MR) is 112 cm³/mol. The van der Waals surface area contributed by atoms with Crippen molar-refractivity contribution in [2.45, 2.75) is 13.2 Å². The van der Waals surface area contributed by atoms with Gasteiger partial charge in [-0.05, 0) is 18.2 Å². The highest BCUT2D eigenvalue weighted by Gasteiger charge is 2.20. The van der Waals surface area contributed by atoms with Crippen molar-refractivity contribution in [3.63, 3.8) is 0 Å². The molecule has 0 aliphatic rings. The number of rotatable bonds is 8. The van der Waals surface area contributed by atoms with Crippen LogP contribution in [0, 0.1) is 33.4 Å². The van der Waals surface area contributed by atoms with Gasteiger partial charge in [-0.25, -0.2) is 17.6 Å². The first-order valence-electron chi connectivity index (χ1n) is 9.84. The molecule has 0 fully saturated rings. The average Bonchev–Trinajstić information content (AvgIpc) is 3.49. The van der Waals surface area contributed by atoms with Gasteiger partial charge in [-0.2, -0.15) is 5.10 Å². The van der Waals surface area contributed by atoms with Crippen molar-refractivity contribution < 1.29 is 36.4 Å². The highest BCUT2D eigenvalue weighted by molar-refractivity contribution is 6.01. The van der Waals surface area contributed by atoms with Crippen LogP contribution in [-0.4, -0.2) is 20.6 Å². The zero-order valence-corrected chi connectivity index (χ0v) is 17.5. The normalized spacial score (nSPS) is 10.9. The minimum Gasteiger partial charge on any atom is -0.479 e. The number of hydrogen-bond donors (Lipinski definition) is 1. The molecule has 1 amide bonds. The molecule has 2 aromatic carbocycles. The molecule has 0 aliphatic carbocycles. The summed E-state index contributed by atoms with van der Waals surface area (Å²) in [6.45, 7) is -0.815. The van der Waals surface area contributed by atoms with Gasteiger partial charge in [-0.15, -0.1) is 0 Å². The summed E-state index contributed by atoms with van der Waals surface area (Å²) >= 11 is 0. The molecule has 0 radical (unpaired) electrons. The average molecular weight is 490 g/mol.